The van der Waals surface area contributed by atoms with Gasteiger partial charge in [0.15, 0.2) is 0 Å². The van der Waals surface area contributed by atoms with Crippen molar-refractivity contribution in [3.63, 3.8) is 0 Å². The van der Waals surface area contributed by atoms with Crippen molar-refractivity contribution in [3.05, 3.63) is 66.6 Å². The molecule has 0 radical (unpaired) electrons. The van der Waals surface area contributed by atoms with Crippen LogP contribution in [0.1, 0.15) is 12.5 Å². The molecule has 0 unspecified atom stereocenters. The molecule has 2 aromatic carbocycles. The number of aromatic nitrogens is 3. The third-order valence-electron chi connectivity index (χ3n) is 4.70. The van der Waals surface area contributed by atoms with Gasteiger partial charge in [-0.05, 0) is 19.1 Å². The number of amides is 1. The molecule has 0 bridgehead atoms. The molecule has 4 rings (SSSR count). The van der Waals surface area contributed by atoms with Gasteiger partial charge in [-0.15, -0.1) is 0 Å². The Labute approximate surface area is 158 Å². The Bertz CT molecular complexity index is 1090. The Morgan fingerprint density at radius 1 is 1.19 bits per heavy atom. The Balaban J connectivity index is 1.86. The summed E-state index contributed by atoms with van der Waals surface area (Å²) in [5.41, 5.74) is 6.52. The van der Waals surface area contributed by atoms with Crippen LogP contribution in [0.5, 0.6) is 0 Å². The first kappa shape index (κ1) is 17.1. The van der Waals surface area contributed by atoms with Crippen LogP contribution in [0.15, 0.2) is 61.1 Å². The van der Waals surface area contributed by atoms with Crippen molar-refractivity contribution < 1.29 is 4.79 Å². The van der Waals surface area contributed by atoms with Crippen LogP contribution < -0.4 is 5.32 Å². The highest BCUT2D eigenvalue weighted by Gasteiger charge is 2.18. The highest BCUT2D eigenvalue weighted by Crippen LogP contribution is 2.36. The molecule has 0 fully saturated rings. The van der Waals surface area contributed by atoms with E-state index in [0.717, 1.165) is 28.0 Å². The van der Waals surface area contributed by atoms with Crippen LogP contribution in [-0.2, 0) is 11.3 Å². The van der Waals surface area contributed by atoms with E-state index in [-0.39, 0.29) is 5.91 Å². The molecule has 0 aliphatic carbocycles. The molecule has 0 aliphatic rings. The monoisotopic (exact) mass is 358 g/mol. The van der Waals surface area contributed by atoms with Gasteiger partial charge in [0.1, 0.15) is 0 Å². The van der Waals surface area contributed by atoms with Gasteiger partial charge in [0.05, 0.1) is 17.7 Å². The molecule has 0 atom stereocenters. The van der Waals surface area contributed by atoms with E-state index in [1.165, 1.54) is 17.9 Å². The van der Waals surface area contributed by atoms with Gasteiger partial charge in [0, 0.05) is 48.2 Å². The summed E-state index contributed by atoms with van der Waals surface area (Å²) >= 11 is 0. The fourth-order valence-electron chi connectivity index (χ4n) is 3.42. The van der Waals surface area contributed by atoms with Crippen LogP contribution in [0, 0.1) is 6.92 Å². The number of nitrogens with one attached hydrogen (secondary N) is 2. The van der Waals surface area contributed by atoms with E-state index in [0.29, 0.717) is 13.1 Å². The number of aromatic amines is 1. The molecule has 0 saturated heterocycles. The van der Waals surface area contributed by atoms with Crippen LogP contribution in [0.4, 0.5) is 0 Å². The van der Waals surface area contributed by atoms with Crippen molar-refractivity contribution in [1.29, 1.82) is 0 Å². The Kier molecular flexibility index (Phi) is 4.50. The van der Waals surface area contributed by atoms with E-state index < -0.39 is 0 Å². The molecule has 0 saturated carbocycles. The van der Waals surface area contributed by atoms with Crippen molar-refractivity contribution in [2.75, 3.05) is 6.54 Å². The third-order valence-corrected chi connectivity index (χ3v) is 4.70. The molecule has 2 aromatic heterocycles. The maximum atomic E-state index is 11.2. The molecule has 0 spiro atoms. The summed E-state index contributed by atoms with van der Waals surface area (Å²) < 4.78 is 2.11. The molecule has 2 N–H and O–H groups in total. The summed E-state index contributed by atoms with van der Waals surface area (Å²) in [5.74, 6) is -0.0253. The summed E-state index contributed by atoms with van der Waals surface area (Å²) in [5, 5.41) is 4.04. The summed E-state index contributed by atoms with van der Waals surface area (Å²) in [7, 11) is 0. The number of carbonyl (C=O) groups excluding carboxylic acids is 1. The third kappa shape index (κ3) is 3.36. The summed E-state index contributed by atoms with van der Waals surface area (Å²) in [6.07, 6.45) is 3.90. The van der Waals surface area contributed by atoms with Gasteiger partial charge in [-0.2, -0.15) is 0 Å². The molecule has 2 heterocycles. The van der Waals surface area contributed by atoms with Gasteiger partial charge < -0.3 is 14.9 Å². The molecule has 5 heteroatoms. The van der Waals surface area contributed by atoms with Gasteiger partial charge in [0.25, 0.3) is 0 Å². The smallest absolute Gasteiger partial charge is 0.216 e. The second-order valence-corrected chi connectivity index (χ2v) is 6.74. The SMILES string of the molecule is CC(=O)NCCn1cnc(-c2ccccc2)c1-c1c[nH]c2ccc(C)cc12. The zero-order chi connectivity index (χ0) is 18.8. The van der Waals surface area contributed by atoms with Crippen LogP contribution in [-0.4, -0.2) is 27.0 Å². The van der Waals surface area contributed by atoms with Gasteiger partial charge in [0.2, 0.25) is 5.91 Å². The van der Waals surface area contributed by atoms with E-state index in [2.05, 4.69) is 52.1 Å². The number of fused-ring (bicyclic) bond motifs is 1. The molecule has 136 valence electrons. The lowest BCUT2D eigenvalue weighted by atomic mass is 10.0. The van der Waals surface area contributed by atoms with E-state index in [9.17, 15) is 4.79 Å². The minimum atomic E-state index is -0.0253. The number of rotatable bonds is 5. The Morgan fingerprint density at radius 2 is 2.00 bits per heavy atom. The first-order chi connectivity index (χ1) is 13.1. The highest BCUT2D eigenvalue weighted by atomic mass is 16.1. The number of hydrogen-bond acceptors (Lipinski definition) is 2. The number of H-pyrrole nitrogens is 1. The minimum absolute atomic E-state index is 0.0253. The molecule has 5 nitrogen and oxygen atoms in total. The first-order valence-electron chi connectivity index (χ1n) is 9.06. The Hall–Kier alpha value is -3.34. The van der Waals surface area contributed by atoms with Crippen LogP contribution in [0.25, 0.3) is 33.4 Å². The van der Waals surface area contributed by atoms with Crippen molar-refractivity contribution in [1.82, 2.24) is 19.9 Å². The summed E-state index contributed by atoms with van der Waals surface area (Å²) in [4.78, 5) is 19.3. The standard InChI is InChI=1S/C22H22N4O/c1-15-8-9-20-18(12-15)19(13-24-20)22-21(17-6-4-3-5-7-17)25-14-26(22)11-10-23-16(2)27/h3-9,12-14,24H,10-11H2,1-2H3,(H,23,27). The van der Waals surface area contributed by atoms with Gasteiger partial charge in [-0.1, -0.05) is 42.0 Å². The van der Waals surface area contributed by atoms with Crippen LogP contribution in [0.3, 0.4) is 0 Å². The van der Waals surface area contributed by atoms with Crippen molar-refractivity contribution >= 4 is 16.8 Å². The number of carbonyl (C=O) groups is 1. The molecule has 1 amide bonds. The zero-order valence-corrected chi connectivity index (χ0v) is 15.5. The van der Waals surface area contributed by atoms with Gasteiger partial charge in [-0.25, -0.2) is 4.98 Å². The normalized spacial score (nSPS) is 11.0. The van der Waals surface area contributed by atoms with Gasteiger partial charge >= 0.3 is 0 Å². The molecule has 27 heavy (non-hydrogen) atoms. The topological polar surface area (TPSA) is 62.7 Å². The van der Waals surface area contributed by atoms with E-state index in [1.54, 1.807) is 0 Å². The molecular weight excluding hydrogens is 336 g/mol. The predicted molar refractivity (Wildman–Crippen MR) is 108 cm³/mol. The van der Waals surface area contributed by atoms with Crippen molar-refractivity contribution in [2.24, 2.45) is 0 Å². The zero-order valence-electron chi connectivity index (χ0n) is 15.5. The number of nitrogens with zero attached hydrogens (tertiary/aromatic N) is 2. The van der Waals surface area contributed by atoms with Crippen molar-refractivity contribution in [2.45, 2.75) is 20.4 Å². The summed E-state index contributed by atoms with van der Waals surface area (Å²) in [6, 6.07) is 16.6. The average molecular weight is 358 g/mol. The predicted octanol–water partition coefficient (Wildman–Crippen LogP) is 4.14. The fourth-order valence-corrected chi connectivity index (χ4v) is 3.42. The van der Waals surface area contributed by atoms with E-state index in [1.807, 2.05) is 30.7 Å². The lowest BCUT2D eigenvalue weighted by Crippen LogP contribution is -2.24. The second kappa shape index (κ2) is 7.11. The molecular formula is C22H22N4O. The van der Waals surface area contributed by atoms with Gasteiger partial charge in [-0.3, -0.25) is 4.79 Å². The number of benzene rings is 2. The molecule has 4 aromatic rings. The second-order valence-electron chi connectivity index (χ2n) is 6.74. The minimum Gasteiger partial charge on any atom is -0.360 e. The summed E-state index contributed by atoms with van der Waals surface area (Å²) in [6.45, 7) is 4.86. The van der Waals surface area contributed by atoms with Crippen molar-refractivity contribution in [3.8, 4) is 22.5 Å². The van der Waals surface area contributed by atoms with Crippen LogP contribution in [0.2, 0.25) is 0 Å². The maximum Gasteiger partial charge on any atom is 0.216 e. The first-order valence-corrected chi connectivity index (χ1v) is 9.06. The average Bonchev–Trinajstić information content (AvgIpc) is 3.25. The number of aryl methyl sites for hydroxylation is 1. The van der Waals surface area contributed by atoms with E-state index in [4.69, 9.17) is 4.98 Å². The Morgan fingerprint density at radius 3 is 2.78 bits per heavy atom. The lowest BCUT2D eigenvalue weighted by Gasteiger charge is -2.11. The van der Waals surface area contributed by atoms with E-state index >= 15 is 0 Å². The quantitative estimate of drug-likeness (QED) is 0.563. The highest BCUT2D eigenvalue weighted by molar-refractivity contribution is 5.98. The molecule has 0 aliphatic heterocycles. The largest absolute Gasteiger partial charge is 0.360 e. The number of hydrogen-bond donors (Lipinski definition) is 2. The number of imidazole rings is 1. The van der Waals surface area contributed by atoms with Crippen LogP contribution >= 0.6 is 0 Å². The maximum absolute atomic E-state index is 11.2. The lowest BCUT2D eigenvalue weighted by molar-refractivity contribution is -0.118. The fraction of sp³-hybridized carbons (Fsp3) is 0.182.